The lowest BCUT2D eigenvalue weighted by Crippen LogP contribution is -2.57. The van der Waals surface area contributed by atoms with E-state index >= 15 is 0 Å². The summed E-state index contributed by atoms with van der Waals surface area (Å²) in [7, 11) is 0. The van der Waals surface area contributed by atoms with E-state index in [9.17, 15) is 5.11 Å². The Hall–Kier alpha value is -1.02. The highest BCUT2D eigenvalue weighted by molar-refractivity contribution is 5.40. The number of benzene rings is 1. The summed E-state index contributed by atoms with van der Waals surface area (Å²) in [5.74, 6) is 7.54. The fraction of sp³-hybridized carbons (Fsp3) is 0.786. The minimum absolute atomic E-state index is 0.203. The van der Waals surface area contributed by atoms with Crippen molar-refractivity contribution < 1.29 is 9.84 Å². The number of hydrogen-bond acceptors (Lipinski definition) is 2. The molecule has 0 saturated heterocycles. The number of rotatable bonds is 5. The Balaban J connectivity index is 1.39. The largest absolute Gasteiger partial charge is 0.467 e. The van der Waals surface area contributed by atoms with Crippen LogP contribution in [0, 0.1) is 46.3 Å². The molecule has 8 aliphatic rings. The summed E-state index contributed by atoms with van der Waals surface area (Å²) < 4.78 is 5.90. The van der Waals surface area contributed by atoms with Crippen molar-refractivity contribution >= 4 is 0 Å². The first-order chi connectivity index (χ1) is 14.6. The number of hydrogen-bond donors (Lipinski definition) is 1. The fourth-order valence-electron chi connectivity index (χ4n) is 11.3. The van der Waals surface area contributed by atoms with Crippen molar-refractivity contribution in [2.24, 2.45) is 46.3 Å². The summed E-state index contributed by atoms with van der Waals surface area (Å²) in [6.45, 7) is -0.203. The Morgan fingerprint density at radius 2 is 1.10 bits per heavy atom. The molecule has 8 bridgehead atoms. The van der Waals surface area contributed by atoms with E-state index in [1.54, 1.807) is 0 Å². The van der Waals surface area contributed by atoms with Crippen molar-refractivity contribution in [2.45, 2.75) is 83.0 Å². The van der Waals surface area contributed by atoms with E-state index in [0.717, 1.165) is 41.3 Å². The van der Waals surface area contributed by atoms with Gasteiger partial charge in [0.05, 0.1) is 0 Å². The summed E-state index contributed by atoms with van der Waals surface area (Å²) in [6, 6.07) is 8.88. The Bertz CT molecular complexity index is 711. The van der Waals surface area contributed by atoms with Crippen molar-refractivity contribution in [1.29, 1.82) is 0 Å². The molecule has 30 heavy (non-hydrogen) atoms. The van der Waals surface area contributed by atoms with Crippen LogP contribution in [0.15, 0.2) is 24.3 Å². The van der Waals surface area contributed by atoms with Crippen LogP contribution in [-0.2, 0) is 0 Å². The molecule has 0 atom stereocenters. The van der Waals surface area contributed by atoms with E-state index in [1.165, 1.54) is 82.6 Å². The first-order valence-corrected chi connectivity index (χ1v) is 13.0. The standard InChI is InChI=1S/C28H38O2/c29-17-30-25-4-2-1-3-24(25)26(27-11-18-5-19(12-27)7-20(6-18)13-27)28-14-21-8-22(15-28)10-23(9-21)16-28/h1-4,18-23,26,29H,5-17H2. The smallest absolute Gasteiger partial charge is 0.186 e. The second-order valence-electron chi connectivity index (χ2n) is 12.8. The van der Waals surface area contributed by atoms with Crippen molar-refractivity contribution in [2.75, 3.05) is 6.79 Å². The van der Waals surface area contributed by atoms with E-state index in [1.807, 2.05) is 0 Å². The molecular formula is C28H38O2. The third kappa shape index (κ3) is 2.64. The first-order valence-electron chi connectivity index (χ1n) is 13.0. The molecule has 1 aromatic rings. The number of para-hydroxylation sites is 1. The molecule has 2 heteroatoms. The lowest BCUT2D eigenvalue weighted by atomic mass is 9.37. The van der Waals surface area contributed by atoms with Crippen LogP contribution in [0.3, 0.4) is 0 Å². The van der Waals surface area contributed by atoms with Gasteiger partial charge in [-0.1, -0.05) is 18.2 Å². The van der Waals surface area contributed by atoms with Crippen LogP contribution in [0.2, 0.25) is 0 Å². The molecule has 2 nitrogen and oxygen atoms in total. The van der Waals surface area contributed by atoms with Gasteiger partial charge in [-0.05, 0) is 141 Å². The fourth-order valence-corrected chi connectivity index (χ4v) is 11.3. The summed E-state index contributed by atoms with van der Waals surface area (Å²) >= 11 is 0. The second-order valence-corrected chi connectivity index (χ2v) is 12.8. The minimum Gasteiger partial charge on any atom is -0.467 e. The molecular weight excluding hydrogens is 368 g/mol. The van der Waals surface area contributed by atoms with E-state index in [4.69, 9.17) is 4.74 Å². The lowest BCUT2D eigenvalue weighted by Gasteiger charge is -2.67. The summed E-state index contributed by atoms with van der Waals surface area (Å²) in [5.41, 5.74) is 2.46. The molecule has 0 aliphatic heterocycles. The third-order valence-corrected chi connectivity index (χ3v) is 10.8. The van der Waals surface area contributed by atoms with Crippen LogP contribution in [0.1, 0.15) is 88.5 Å². The second kappa shape index (κ2) is 6.50. The molecule has 0 amide bonds. The average molecular weight is 407 g/mol. The van der Waals surface area contributed by atoms with Crippen LogP contribution < -0.4 is 4.74 Å². The van der Waals surface area contributed by atoms with Crippen LogP contribution in [-0.4, -0.2) is 11.9 Å². The third-order valence-electron chi connectivity index (χ3n) is 10.8. The lowest BCUT2D eigenvalue weighted by molar-refractivity contribution is -0.144. The van der Waals surface area contributed by atoms with Gasteiger partial charge < -0.3 is 9.84 Å². The van der Waals surface area contributed by atoms with Crippen molar-refractivity contribution in [3.8, 4) is 5.75 Å². The Kier molecular flexibility index (Phi) is 4.02. The van der Waals surface area contributed by atoms with Gasteiger partial charge in [0.25, 0.3) is 0 Å². The SMILES string of the molecule is OCOc1ccccc1C(C12CC3CC(CC(C3)C1)C2)C12CC3CC(CC(C3)C1)C2. The first kappa shape index (κ1) is 18.5. The van der Waals surface area contributed by atoms with E-state index in [2.05, 4.69) is 24.3 Å². The molecule has 0 aromatic heterocycles. The molecule has 8 aliphatic carbocycles. The van der Waals surface area contributed by atoms with Crippen LogP contribution in [0.5, 0.6) is 5.75 Å². The van der Waals surface area contributed by atoms with Gasteiger partial charge in [0.1, 0.15) is 5.75 Å². The zero-order valence-electron chi connectivity index (χ0n) is 18.4. The Morgan fingerprint density at radius 3 is 1.50 bits per heavy atom. The monoisotopic (exact) mass is 406 g/mol. The van der Waals surface area contributed by atoms with Gasteiger partial charge in [-0.2, -0.15) is 0 Å². The van der Waals surface area contributed by atoms with Gasteiger partial charge in [-0.25, -0.2) is 0 Å². The molecule has 0 heterocycles. The molecule has 0 unspecified atom stereocenters. The number of aliphatic hydroxyl groups excluding tert-OH is 1. The highest BCUT2D eigenvalue weighted by Crippen LogP contribution is 2.74. The van der Waals surface area contributed by atoms with Gasteiger partial charge in [0.2, 0.25) is 0 Å². The van der Waals surface area contributed by atoms with Crippen molar-refractivity contribution in [3.05, 3.63) is 29.8 Å². The van der Waals surface area contributed by atoms with E-state index in [0.29, 0.717) is 16.7 Å². The summed E-state index contributed by atoms with van der Waals surface area (Å²) in [4.78, 5) is 0. The number of ether oxygens (including phenoxy) is 1. The molecule has 8 fully saturated rings. The van der Waals surface area contributed by atoms with Gasteiger partial charge in [0.15, 0.2) is 6.79 Å². The minimum atomic E-state index is -0.203. The zero-order valence-corrected chi connectivity index (χ0v) is 18.4. The molecule has 0 radical (unpaired) electrons. The normalized spacial score (nSPS) is 48.8. The number of aliphatic hydroxyl groups is 1. The average Bonchev–Trinajstić information content (AvgIpc) is 2.67. The predicted molar refractivity (Wildman–Crippen MR) is 118 cm³/mol. The Labute approximate surface area is 181 Å². The summed E-state index contributed by atoms with van der Waals surface area (Å²) in [6.07, 6.45) is 17.9. The van der Waals surface area contributed by atoms with Crippen LogP contribution in [0.4, 0.5) is 0 Å². The van der Waals surface area contributed by atoms with Gasteiger partial charge in [-0.3, -0.25) is 0 Å². The molecule has 1 aromatic carbocycles. The molecule has 9 rings (SSSR count). The maximum Gasteiger partial charge on any atom is 0.186 e. The maximum absolute atomic E-state index is 9.67. The molecule has 1 N–H and O–H groups in total. The highest BCUT2D eigenvalue weighted by atomic mass is 16.6. The maximum atomic E-state index is 9.67. The Morgan fingerprint density at radius 1 is 0.700 bits per heavy atom. The zero-order chi connectivity index (χ0) is 19.9. The van der Waals surface area contributed by atoms with Crippen LogP contribution >= 0.6 is 0 Å². The molecule has 162 valence electrons. The van der Waals surface area contributed by atoms with Gasteiger partial charge in [0, 0.05) is 0 Å². The molecule has 8 saturated carbocycles. The van der Waals surface area contributed by atoms with Gasteiger partial charge in [-0.15, -0.1) is 0 Å². The van der Waals surface area contributed by atoms with Crippen molar-refractivity contribution in [3.63, 3.8) is 0 Å². The van der Waals surface area contributed by atoms with E-state index < -0.39 is 0 Å². The topological polar surface area (TPSA) is 29.5 Å². The molecule has 0 spiro atoms. The van der Waals surface area contributed by atoms with Gasteiger partial charge >= 0.3 is 0 Å². The van der Waals surface area contributed by atoms with Crippen LogP contribution in [0.25, 0.3) is 0 Å². The summed E-state index contributed by atoms with van der Waals surface area (Å²) in [5, 5.41) is 9.67. The quantitative estimate of drug-likeness (QED) is 0.563. The predicted octanol–water partition coefficient (Wildman–Crippen LogP) is 6.53. The van der Waals surface area contributed by atoms with Crippen molar-refractivity contribution in [1.82, 2.24) is 0 Å². The van der Waals surface area contributed by atoms with E-state index in [-0.39, 0.29) is 6.79 Å². The highest BCUT2D eigenvalue weighted by Gasteiger charge is 2.63.